The molecular weight excluding hydrogens is 388 g/mol. The van der Waals surface area contributed by atoms with Crippen molar-refractivity contribution in [1.29, 1.82) is 0 Å². The minimum atomic E-state index is -0.259. The Morgan fingerprint density at radius 1 is 1.28 bits per heavy atom. The van der Waals surface area contributed by atoms with Crippen LogP contribution in [0.15, 0.2) is 33.9 Å². The van der Waals surface area contributed by atoms with Crippen LogP contribution >= 0.6 is 15.9 Å². The summed E-state index contributed by atoms with van der Waals surface area (Å²) < 4.78 is 5.83. The van der Waals surface area contributed by atoms with E-state index < -0.39 is 0 Å². The largest absolute Gasteiger partial charge is 0.503 e. The molecule has 4 rings (SSSR count). The van der Waals surface area contributed by atoms with Gasteiger partial charge in [-0.1, -0.05) is 12.2 Å². The van der Waals surface area contributed by atoms with Crippen LogP contribution in [-0.2, 0) is 9.59 Å². The Labute approximate surface area is 153 Å². The predicted molar refractivity (Wildman–Crippen MR) is 94.1 cm³/mol. The number of ether oxygens (including phenoxy) is 1. The van der Waals surface area contributed by atoms with E-state index in [1.54, 1.807) is 12.1 Å². The first-order valence-electron chi connectivity index (χ1n) is 8.26. The van der Waals surface area contributed by atoms with Crippen LogP contribution < -0.4 is 4.74 Å². The molecule has 4 unspecified atom stereocenters. The first-order chi connectivity index (χ1) is 12.0. The molecule has 1 aromatic rings. The Kier molecular flexibility index (Phi) is 3.91. The maximum absolute atomic E-state index is 12.6. The fourth-order valence-electron chi connectivity index (χ4n) is 4.06. The smallest absolute Gasteiger partial charge is 0.254 e. The van der Waals surface area contributed by atoms with Crippen molar-refractivity contribution in [3.05, 3.63) is 34.3 Å². The van der Waals surface area contributed by atoms with E-state index in [-0.39, 0.29) is 41.2 Å². The Hall–Kier alpha value is -2.15. The number of hydrazone groups is 1. The molecule has 3 aliphatic rings. The molecule has 25 heavy (non-hydrogen) atoms. The number of halogens is 1. The minimum absolute atomic E-state index is 0.00417. The summed E-state index contributed by atoms with van der Waals surface area (Å²) in [6.07, 6.45) is 6.44. The van der Waals surface area contributed by atoms with E-state index >= 15 is 0 Å². The van der Waals surface area contributed by atoms with Gasteiger partial charge in [0, 0.05) is 0 Å². The van der Waals surface area contributed by atoms with Crippen molar-refractivity contribution >= 4 is 34.0 Å². The zero-order chi connectivity index (χ0) is 17.7. The Balaban J connectivity index is 1.59. The summed E-state index contributed by atoms with van der Waals surface area (Å²) in [5.41, 5.74) is 0.617. The van der Waals surface area contributed by atoms with Crippen molar-refractivity contribution < 1.29 is 19.4 Å². The molecule has 2 fully saturated rings. The standard InChI is InChI=1S/C18H17BrN2O4/c1-2-25-13-6-9(5-12(19)16(13)22)8-20-21-17(23)14-10-3-4-11(7-10)15(14)18(21)24/h3-6,8,10-11,14-15,22H,2,7H2,1H3/b20-8+. The van der Waals surface area contributed by atoms with Crippen molar-refractivity contribution in [3.8, 4) is 11.5 Å². The highest BCUT2D eigenvalue weighted by molar-refractivity contribution is 9.10. The van der Waals surface area contributed by atoms with Crippen LogP contribution in [0.3, 0.4) is 0 Å². The number of benzene rings is 1. The van der Waals surface area contributed by atoms with Crippen LogP contribution in [0.25, 0.3) is 0 Å². The Bertz CT molecular complexity index is 790. The molecular formula is C18H17BrN2O4. The van der Waals surface area contributed by atoms with Gasteiger partial charge in [0.2, 0.25) is 0 Å². The summed E-state index contributed by atoms with van der Waals surface area (Å²) in [5.74, 6) is -0.300. The average Bonchev–Trinajstić information content (AvgIpc) is 3.25. The lowest BCUT2D eigenvalue weighted by Crippen LogP contribution is -2.28. The van der Waals surface area contributed by atoms with Gasteiger partial charge in [-0.05, 0) is 58.8 Å². The fraction of sp³-hybridized carbons (Fsp3) is 0.389. The number of nitrogens with zero attached hydrogens (tertiary/aromatic N) is 2. The summed E-state index contributed by atoms with van der Waals surface area (Å²) in [4.78, 5) is 25.2. The molecule has 1 aliphatic heterocycles. The van der Waals surface area contributed by atoms with Gasteiger partial charge in [0.15, 0.2) is 11.5 Å². The van der Waals surface area contributed by atoms with E-state index in [0.29, 0.717) is 22.4 Å². The van der Waals surface area contributed by atoms with E-state index in [0.717, 1.165) is 11.4 Å². The molecule has 2 bridgehead atoms. The lowest BCUT2D eigenvalue weighted by atomic mass is 9.85. The number of carbonyl (C=O) groups is 2. The van der Waals surface area contributed by atoms with E-state index in [1.165, 1.54) is 6.21 Å². The Morgan fingerprint density at radius 3 is 2.52 bits per heavy atom. The molecule has 1 saturated heterocycles. The number of aromatic hydroxyl groups is 1. The van der Waals surface area contributed by atoms with Crippen molar-refractivity contribution in [1.82, 2.24) is 5.01 Å². The maximum atomic E-state index is 12.6. The molecule has 2 amide bonds. The van der Waals surface area contributed by atoms with Crippen LogP contribution in [0.5, 0.6) is 11.5 Å². The monoisotopic (exact) mass is 404 g/mol. The highest BCUT2D eigenvalue weighted by atomic mass is 79.9. The van der Waals surface area contributed by atoms with Crippen molar-refractivity contribution in [2.24, 2.45) is 28.8 Å². The maximum Gasteiger partial charge on any atom is 0.254 e. The molecule has 4 atom stereocenters. The zero-order valence-electron chi connectivity index (χ0n) is 13.6. The first kappa shape index (κ1) is 16.3. The molecule has 2 aliphatic carbocycles. The predicted octanol–water partition coefficient (Wildman–Crippen LogP) is 2.69. The van der Waals surface area contributed by atoms with E-state index in [2.05, 4.69) is 33.2 Å². The third-order valence-electron chi connectivity index (χ3n) is 5.12. The summed E-state index contributed by atoms with van der Waals surface area (Å²) in [5, 5.41) is 15.1. The second-order valence-corrected chi connectivity index (χ2v) is 7.37. The van der Waals surface area contributed by atoms with Crippen LogP contribution in [0, 0.1) is 23.7 Å². The third kappa shape index (κ3) is 2.49. The quantitative estimate of drug-likeness (QED) is 0.475. The summed E-state index contributed by atoms with van der Waals surface area (Å²) in [6, 6.07) is 3.27. The number of rotatable bonds is 4. The topological polar surface area (TPSA) is 79.2 Å². The van der Waals surface area contributed by atoms with Gasteiger partial charge < -0.3 is 9.84 Å². The molecule has 130 valence electrons. The SMILES string of the molecule is CCOc1cc(/C=N/N2C(=O)C3C4C=CC(C4)C3C2=O)cc(Br)c1O. The summed E-state index contributed by atoms with van der Waals surface area (Å²) >= 11 is 3.26. The molecule has 6 nitrogen and oxygen atoms in total. The van der Waals surface area contributed by atoms with Gasteiger partial charge in [-0.25, -0.2) is 0 Å². The van der Waals surface area contributed by atoms with Gasteiger partial charge in [0.05, 0.1) is 29.1 Å². The number of carbonyl (C=O) groups excluding carboxylic acids is 2. The summed E-state index contributed by atoms with van der Waals surface area (Å²) in [7, 11) is 0. The number of hydrogen-bond acceptors (Lipinski definition) is 5. The number of amides is 2. The molecule has 1 saturated carbocycles. The number of imide groups is 1. The number of allylic oxidation sites excluding steroid dienone is 2. The number of hydrogen-bond donors (Lipinski definition) is 1. The molecule has 7 heteroatoms. The highest BCUT2D eigenvalue weighted by Crippen LogP contribution is 2.52. The van der Waals surface area contributed by atoms with Crippen LogP contribution in [0.1, 0.15) is 18.9 Å². The molecule has 1 N–H and O–H groups in total. The van der Waals surface area contributed by atoms with Crippen molar-refractivity contribution in [2.75, 3.05) is 6.61 Å². The van der Waals surface area contributed by atoms with Gasteiger partial charge in [-0.2, -0.15) is 10.1 Å². The highest BCUT2D eigenvalue weighted by Gasteiger charge is 2.59. The number of fused-ring (bicyclic) bond motifs is 5. The van der Waals surface area contributed by atoms with Crippen molar-refractivity contribution in [3.63, 3.8) is 0 Å². The lowest BCUT2D eigenvalue weighted by Gasteiger charge is -2.13. The van der Waals surface area contributed by atoms with E-state index in [1.807, 2.05) is 6.92 Å². The molecule has 0 aromatic heterocycles. The van der Waals surface area contributed by atoms with Crippen LogP contribution in [0.4, 0.5) is 0 Å². The lowest BCUT2D eigenvalue weighted by molar-refractivity contribution is -0.140. The molecule has 0 radical (unpaired) electrons. The third-order valence-corrected chi connectivity index (χ3v) is 5.72. The van der Waals surface area contributed by atoms with Gasteiger partial charge >= 0.3 is 0 Å². The second-order valence-electron chi connectivity index (χ2n) is 6.52. The Morgan fingerprint density at radius 2 is 1.92 bits per heavy atom. The fourth-order valence-corrected chi connectivity index (χ4v) is 4.52. The van der Waals surface area contributed by atoms with Crippen molar-refractivity contribution in [2.45, 2.75) is 13.3 Å². The normalized spacial score (nSPS) is 29.9. The molecule has 1 aromatic carbocycles. The van der Waals surface area contributed by atoms with Gasteiger partial charge in [-0.3, -0.25) is 9.59 Å². The van der Waals surface area contributed by atoms with E-state index in [9.17, 15) is 14.7 Å². The van der Waals surface area contributed by atoms with E-state index in [4.69, 9.17) is 4.74 Å². The van der Waals surface area contributed by atoms with Crippen LogP contribution in [-0.4, -0.2) is 34.8 Å². The second kappa shape index (κ2) is 5.98. The average molecular weight is 405 g/mol. The molecule has 1 heterocycles. The number of phenolic OH excluding ortho intramolecular Hbond substituents is 1. The molecule has 0 spiro atoms. The van der Waals surface area contributed by atoms with Gasteiger partial charge in [0.1, 0.15) is 0 Å². The zero-order valence-corrected chi connectivity index (χ0v) is 15.1. The van der Waals surface area contributed by atoms with Gasteiger partial charge in [0.25, 0.3) is 11.8 Å². The summed E-state index contributed by atoms with van der Waals surface area (Å²) in [6.45, 7) is 2.22. The van der Waals surface area contributed by atoms with Crippen LogP contribution in [0.2, 0.25) is 0 Å². The minimum Gasteiger partial charge on any atom is -0.503 e. The first-order valence-corrected chi connectivity index (χ1v) is 9.06. The number of phenols is 1. The van der Waals surface area contributed by atoms with Gasteiger partial charge in [-0.15, -0.1) is 0 Å².